The summed E-state index contributed by atoms with van der Waals surface area (Å²) in [6.07, 6.45) is 1.67. The van der Waals surface area contributed by atoms with Crippen LogP contribution < -0.4 is 10.5 Å². The van der Waals surface area contributed by atoms with Crippen molar-refractivity contribution in [1.82, 2.24) is 9.80 Å². The van der Waals surface area contributed by atoms with Gasteiger partial charge in [0.05, 0.1) is 13.2 Å². The Hall–Kier alpha value is -1.83. The summed E-state index contributed by atoms with van der Waals surface area (Å²) in [5.41, 5.74) is 7.81. The molecular formula is C20H30ClN3O4. The molecule has 1 aromatic rings. The third-order valence-corrected chi connectivity index (χ3v) is 5.59. The second-order valence-corrected chi connectivity index (χ2v) is 7.28. The SMILES string of the molecule is COc1cc(C(=O)N2CCN(C(=O)C(N)C3CCOCC3)CC2)ccc1C.Cl. The van der Waals surface area contributed by atoms with E-state index in [4.69, 9.17) is 15.2 Å². The average molecular weight is 412 g/mol. The number of hydrogen-bond donors (Lipinski definition) is 1. The highest BCUT2D eigenvalue weighted by Gasteiger charge is 2.32. The van der Waals surface area contributed by atoms with Gasteiger partial charge in [-0.15, -0.1) is 12.4 Å². The van der Waals surface area contributed by atoms with Crippen molar-refractivity contribution in [3.05, 3.63) is 29.3 Å². The van der Waals surface area contributed by atoms with E-state index in [9.17, 15) is 9.59 Å². The topological polar surface area (TPSA) is 85.1 Å². The summed E-state index contributed by atoms with van der Waals surface area (Å²) in [6.45, 7) is 5.36. The van der Waals surface area contributed by atoms with Gasteiger partial charge in [0.25, 0.3) is 5.91 Å². The van der Waals surface area contributed by atoms with Crippen LogP contribution in [0.25, 0.3) is 0 Å². The number of halogens is 1. The van der Waals surface area contributed by atoms with Crippen molar-refractivity contribution in [2.45, 2.75) is 25.8 Å². The molecular weight excluding hydrogens is 382 g/mol. The van der Waals surface area contributed by atoms with Crippen molar-refractivity contribution in [2.24, 2.45) is 11.7 Å². The average Bonchev–Trinajstić information content (AvgIpc) is 2.73. The molecule has 2 fully saturated rings. The maximum absolute atomic E-state index is 12.8. The van der Waals surface area contributed by atoms with Crippen LogP contribution in [0.3, 0.4) is 0 Å². The number of rotatable bonds is 4. The van der Waals surface area contributed by atoms with Crippen LogP contribution in [0, 0.1) is 12.8 Å². The van der Waals surface area contributed by atoms with Gasteiger partial charge in [0.15, 0.2) is 0 Å². The lowest BCUT2D eigenvalue weighted by Crippen LogP contribution is -2.56. The zero-order valence-electron chi connectivity index (χ0n) is 16.6. The Bertz CT molecular complexity index is 686. The molecule has 2 aliphatic rings. The smallest absolute Gasteiger partial charge is 0.254 e. The molecule has 0 bridgehead atoms. The van der Waals surface area contributed by atoms with E-state index in [-0.39, 0.29) is 30.1 Å². The molecule has 0 spiro atoms. The largest absolute Gasteiger partial charge is 0.496 e. The molecule has 1 unspecified atom stereocenters. The Labute approximate surface area is 172 Å². The molecule has 0 aromatic heterocycles. The minimum absolute atomic E-state index is 0. The Kier molecular flexibility index (Phi) is 8.10. The van der Waals surface area contributed by atoms with Gasteiger partial charge in [0.2, 0.25) is 5.91 Å². The number of hydrogen-bond acceptors (Lipinski definition) is 5. The number of ether oxygens (including phenoxy) is 2. The van der Waals surface area contributed by atoms with Crippen LogP contribution in [-0.4, -0.2) is 74.2 Å². The molecule has 1 atom stereocenters. The summed E-state index contributed by atoms with van der Waals surface area (Å²) in [6, 6.07) is 5.01. The van der Waals surface area contributed by atoms with Crippen LogP contribution in [0.2, 0.25) is 0 Å². The molecule has 2 N–H and O–H groups in total. The first kappa shape index (κ1) is 22.5. The summed E-state index contributed by atoms with van der Waals surface area (Å²) < 4.78 is 10.7. The van der Waals surface area contributed by atoms with Crippen molar-refractivity contribution < 1.29 is 19.1 Å². The summed E-state index contributed by atoms with van der Waals surface area (Å²) in [4.78, 5) is 29.0. The number of nitrogens with two attached hydrogens (primary N) is 1. The van der Waals surface area contributed by atoms with Crippen molar-refractivity contribution in [3.63, 3.8) is 0 Å². The summed E-state index contributed by atoms with van der Waals surface area (Å²) in [7, 11) is 1.60. The van der Waals surface area contributed by atoms with E-state index in [1.54, 1.807) is 23.0 Å². The van der Waals surface area contributed by atoms with Gasteiger partial charge in [-0.1, -0.05) is 6.07 Å². The predicted molar refractivity (Wildman–Crippen MR) is 109 cm³/mol. The highest BCUT2D eigenvalue weighted by Crippen LogP contribution is 2.22. The number of nitrogens with zero attached hydrogens (tertiary/aromatic N) is 2. The first-order chi connectivity index (χ1) is 13.0. The summed E-state index contributed by atoms with van der Waals surface area (Å²) in [5, 5.41) is 0. The number of amides is 2. The van der Waals surface area contributed by atoms with Crippen molar-refractivity contribution in [2.75, 3.05) is 46.5 Å². The highest BCUT2D eigenvalue weighted by atomic mass is 35.5. The number of piperazine rings is 1. The number of benzene rings is 1. The molecule has 0 radical (unpaired) electrons. The Balaban J connectivity index is 0.00000280. The number of carbonyl (C=O) groups excluding carboxylic acids is 2. The third-order valence-electron chi connectivity index (χ3n) is 5.59. The quantitative estimate of drug-likeness (QED) is 0.810. The standard InChI is InChI=1S/C20H29N3O4.ClH/c1-14-3-4-16(13-17(14)26-2)19(24)22-7-9-23(10-8-22)20(25)18(21)15-5-11-27-12-6-15;/h3-4,13,15,18H,5-12,21H2,1-2H3;1H. The van der Waals surface area contributed by atoms with Crippen molar-refractivity contribution in [1.29, 1.82) is 0 Å². The van der Waals surface area contributed by atoms with Crippen LogP contribution in [0.4, 0.5) is 0 Å². The second-order valence-electron chi connectivity index (χ2n) is 7.28. The molecule has 2 saturated heterocycles. The molecule has 156 valence electrons. The van der Waals surface area contributed by atoms with Gasteiger partial charge < -0.3 is 25.0 Å². The zero-order chi connectivity index (χ0) is 19.4. The van der Waals surface area contributed by atoms with Gasteiger partial charge in [0, 0.05) is 45.0 Å². The maximum Gasteiger partial charge on any atom is 0.254 e. The predicted octanol–water partition coefficient (Wildman–Crippen LogP) is 1.46. The monoisotopic (exact) mass is 411 g/mol. The van der Waals surface area contributed by atoms with Crippen molar-refractivity contribution >= 4 is 24.2 Å². The fourth-order valence-corrected chi connectivity index (χ4v) is 3.75. The van der Waals surface area contributed by atoms with Gasteiger partial charge in [-0.25, -0.2) is 0 Å². The highest BCUT2D eigenvalue weighted by molar-refractivity contribution is 5.95. The van der Waals surface area contributed by atoms with Gasteiger partial charge in [-0.2, -0.15) is 0 Å². The minimum Gasteiger partial charge on any atom is -0.496 e. The van der Waals surface area contributed by atoms with Crippen LogP contribution >= 0.6 is 12.4 Å². The third kappa shape index (κ3) is 4.96. The Morgan fingerprint density at radius 1 is 1.14 bits per heavy atom. The van der Waals surface area contributed by atoms with E-state index < -0.39 is 6.04 Å². The van der Waals surface area contributed by atoms with Crippen LogP contribution in [0.5, 0.6) is 5.75 Å². The lowest BCUT2D eigenvalue weighted by atomic mass is 9.91. The number of aryl methyl sites for hydroxylation is 1. The molecule has 8 heteroatoms. The Morgan fingerprint density at radius 3 is 2.36 bits per heavy atom. The van der Waals surface area contributed by atoms with Gasteiger partial charge in [-0.05, 0) is 43.4 Å². The van der Waals surface area contributed by atoms with E-state index in [1.807, 2.05) is 19.1 Å². The Morgan fingerprint density at radius 2 is 1.75 bits per heavy atom. The minimum atomic E-state index is -0.475. The van der Waals surface area contributed by atoms with Crippen LogP contribution in [-0.2, 0) is 9.53 Å². The number of carbonyl (C=O) groups is 2. The van der Waals surface area contributed by atoms with Crippen LogP contribution in [0.1, 0.15) is 28.8 Å². The molecule has 2 amide bonds. The molecule has 7 nitrogen and oxygen atoms in total. The molecule has 3 rings (SSSR count). The van der Waals surface area contributed by atoms with E-state index in [1.165, 1.54) is 0 Å². The first-order valence-corrected chi connectivity index (χ1v) is 9.57. The van der Waals surface area contributed by atoms with Crippen molar-refractivity contribution in [3.8, 4) is 5.75 Å². The lowest BCUT2D eigenvalue weighted by Gasteiger charge is -2.37. The van der Waals surface area contributed by atoms with E-state index in [0.717, 1.165) is 18.4 Å². The number of methoxy groups -OCH3 is 1. The van der Waals surface area contributed by atoms with Crippen LogP contribution in [0.15, 0.2) is 18.2 Å². The van der Waals surface area contributed by atoms with Gasteiger partial charge >= 0.3 is 0 Å². The fourth-order valence-electron chi connectivity index (χ4n) is 3.75. The maximum atomic E-state index is 12.8. The molecule has 0 aliphatic carbocycles. The second kappa shape index (κ2) is 10.1. The molecule has 2 heterocycles. The molecule has 0 saturated carbocycles. The van der Waals surface area contributed by atoms with E-state index in [2.05, 4.69) is 0 Å². The van der Waals surface area contributed by atoms with E-state index in [0.29, 0.717) is 50.7 Å². The lowest BCUT2D eigenvalue weighted by molar-refractivity contribution is -0.136. The van der Waals surface area contributed by atoms with Gasteiger partial charge in [-0.3, -0.25) is 9.59 Å². The zero-order valence-corrected chi connectivity index (χ0v) is 17.4. The molecule has 1 aromatic carbocycles. The summed E-state index contributed by atoms with van der Waals surface area (Å²) >= 11 is 0. The summed E-state index contributed by atoms with van der Waals surface area (Å²) in [5.74, 6) is 0.850. The van der Waals surface area contributed by atoms with Gasteiger partial charge in [0.1, 0.15) is 5.75 Å². The fraction of sp³-hybridized carbons (Fsp3) is 0.600. The molecule has 28 heavy (non-hydrogen) atoms. The normalized spacial score (nSPS) is 19.0. The first-order valence-electron chi connectivity index (χ1n) is 9.57. The van der Waals surface area contributed by atoms with E-state index >= 15 is 0 Å². The molecule has 2 aliphatic heterocycles.